The third-order valence-corrected chi connectivity index (χ3v) is 3.80. The van der Waals surface area contributed by atoms with Gasteiger partial charge in [0.05, 0.1) is 0 Å². The fourth-order valence-corrected chi connectivity index (χ4v) is 2.76. The van der Waals surface area contributed by atoms with Gasteiger partial charge >= 0.3 is 0 Å². The van der Waals surface area contributed by atoms with E-state index in [1.807, 2.05) is 55.5 Å². The Morgan fingerprint density at radius 1 is 1.05 bits per heavy atom. The minimum absolute atomic E-state index is 0.134. The van der Waals surface area contributed by atoms with Gasteiger partial charge in [0.25, 0.3) is 5.56 Å². The van der Waals surface area contributed by atoms with Crippen molar-refractivity contribution in [1.82, 2.24) is 4.57 Å². The van der Waals surface area contributed by atoms with Crippen LogP contribution in [0.5, 0.6) is 0 Å². The molecule has 0 saturated carbocycles. The van der Waals surface area contributed by atoms with Crippen LogP contribution in [0.3, 0.4) is 0 Å². The Kier molecular flexibility index (Phi) is 3.08. The van der Waals surface area contributed by atoms with Crippen molar-refractivity contribution in [2.24, 2.45) is 7.05 Å². The van der Waals surface area contributed by atoms with Crippen molar-refractivity contribution in [3.8, 4) is 17.2 Å². The first-order valence-corrected chi connectivity index (χ1v) is 6.73. The molecule has 21 heavy (non-hydrogen) atoms. The molecule has 0 aliphatic rings. The molecule has 0 unspecified atom stereocenters. The lowest BCUT2D eigenvalue weighted by atomic mass is 9.94. The van der Waals surface area contributed by atoms with Crippen LogP contribution in [0.4, 0.5) is 0 Å². The topological polar surface area (TPSA) is 45.8 Å². The molecule has 1 heterocycles. The molecule has 0 spiro atoms. The molecule has 0 atom stereocenters. The first kappa shape index (κ1) is 13.1. The van der Waals surface area contributed by atoms with Gasteiger partial charge in [-0.05, 0) is 24.1 Å². The third kappa shape index (κ3) is 1.93. The molecule has 3 rings (SSSR count). The summed E-state index contributed by atoms with van der Waals surface area (Å²) < 4.78 is 1.43. The number of aromatic nitrogens is 1. The number of nitriles is 1. The van der Waals surface area contributed by atoms with E-state index < -0.39 is 0 Å². The summed E-state index contributed by atoms with van der Waals surface area (Å²) in [7, 11) is 1.65. The maximum absolute atomic E-state index is 12.5. The summed E-state index contributed by atoms with van der Waals surface area (Å²) in [4.78, 5) is 12.5. The van der Waals surface area contributed by atoms with E-state index in [-0.39, 0.29) is 5.56 Å². The minimum atomic E-state index is -0.134. The number of benzene rings is 2. The van der Waals surface area contributed by atoms with Crippen LogP contribution in [-0.4, -0.2) is 4.57 Å². The van der Waals surface area contributed by atoms with E-state index in [2.05, 4.69) is 6.07 Å². The van der Waals surface area contributed by atoms with E-state index in [4.69, 9.17) is 0 Å². The van der Waals surface area contributed by atoms with Crippen molar-refractivity contribution in [3.05, 3.63) is 70.1 Å². The average molecular weight is 274 g/mol. The van der Waals surface area contributed by atoms with Crippen molar-refractivity contribution in [2.45, 2.75) is 6.92 Å². The maximum atomic E-state index is 12.5. The van der Waals surface area contributed by atoms with Crippen LogP contribution >= 0.6 is 0 Å². The van der Waals surface area contributed by atoms with Crippen molar-refractivity contribution in [2.75, 3.05) is 0 Å². The molecule has 3 aromatic rings. The van der Waals surface area contributed by atoms with Crippen LogP contribution in [0.25, 0.3) is 21.9 Å². The van der Waals surface area contributed by atoms with Crippen molar-refractivity contribution in [1.29, 1.82) is 5.26 Å². The molecule has 0 N–H and O–H groups in total. The highest BCUT2D eigenvalue weighted by molar-refractivity contribution is 6.00. The van der Waals surface area contributed by atoms with Gasteiger partial charge in [-0.1, -0.05) is 42.5 Å². The first-order chi connectivity index (χ1) is 10.1. The van der Waals surface area contributed by atoms with Crippen molar-refractivity contribution < 1.29 is 0 Å². The van der Waals surface area contributed by atoms with Gasteiger partial charge in [-0.25, -0.2) is 0 Å². The molecular weight excluding hydrogens is 260 g/mol. The molecular formula is C18H14N2O. The van der Waals surface area contributed by atoms with Gasteiger partial charge in [0.15, 0.2) is 0 Å². The number of rotatable bonds is 1. The highest BCUT2D eigenvalue weighted by Gasteiger charge is 2.17. The molecule has 0 radical (unpaired) electrons. The molecule has 0 saturated heterocycles. The fourth-order valence-electron chi connectivity index (χ4n) is 2.76. The predicted octanol–water partition coefficient (Wildman–Crippen LogP) is 3.39. The number of fused-ring (bicyclic) bond motifs is 1. The van der Waals surface area contributed by atoms with Gasteiger partial charge in [-0.15, -0.1) is 0 Å². The lowest BCUT2D eigenvalue weighted by Crippen LogP contribution is -2.21. The summed E-state index contributed by atoms with van der Waals surface area (Å²) in [5.74, 6) is 0. The summed E-state index contributed by atoms with van der Waals surface area (Å²) in [6, 6.07) is 17.6. The smallest absolute Gasteiger partial charge is 0.259 e. The van der Waals surface area contributed by atoms with Crippen LogP contribution in [-0.2, 0) is 7.05 Å². The van der Waals surface area contributed by atoms with Crippen LogP contribution in [0, 0.1) is 18.3 Å². The van der Waals surface area contributed by atoms with E-state index >= 15 is 0 Å². The number of hydrogen-bond donors (Lipinski definition) is 0. The number of hydrogen-bond acceptors (Lipinski definition) is 2. The van der Waals surface area contributed by atoms with E-state index in [0.717, 1.165) is 22.1 Å². The molecule has 102 valence electrons. The van der Waals surface area contributed by atoms with E-state index in [9.17, 15) is 10.1 Å². The highest BCUT2D eigenvalue weighted by Crippen LogP contribution is 2.31. The zero-order valence-electron chi connectivity index (χ0n) is 11.9. The quantitative estimate of drug-likeness (QED) is 0.683. The van der Waals surface area contributed by atoms with E-state index in [0.29, 0.717) is 11.1 Å². The lowest BCUT2D eigenvalue weighted by Gasteiger charge is -2.14. The number of aryl methyl sites for hydroxylation is 1. The number of nitrogens with zero attached hydrogens (tertiary/aromatic N) is 2. The van der Waals surface area contributed by atoms with Gasteiger partial charge in [0.1, 0.15) is 11.8 Å². The Bertz CT molecular complexity index is 931. The summed E-state index contributed by atoms with van der Waals surface area (Å²) >= 11 is 0. The molecule has 0 aliphatic carbocycles. The van der Waals surface area contributed by atoms with Crippen LogP contribution in [0.1, 0.15) is 11.3 Å². The molecule has 0 bridgehead atoms. The maximum Gasteiger partial charge on any atom is 0.259 e. The Morgan fingerprint density at radius 3 is 2.43 bits per heavy atom. The molecule has 0 aliphatic heterocycles. The largest absolute Gasteiger partial charge is 0.302 e. The highest BCUT2D eigenvalue weighted by atomic mass is 16.1. The fraction of sp³-hybridized carbons (Fsp3) is 0.111. The second kappa shape index (κ2) is 4.92. The molecule has 3 nitrogen and oxygen atoms in total. The summed E-state index contributed by atoms with van der Waals surface area (Å²) in [5, 5.41) is 11.0. The Morgan fingerprint density at radius 2 is 1.76 bits per heavy atom. The van der Waals surface area contributed by atoms with Gasteiger partial charge in [-0.3, -0.25) is 4.79 Å². The summed E-state index contributed by atoms with van der Waals surface area (Å²) in [6.07, 6.45) is 0. The minimum Gasteiger partial charge on any atom is -0.302 e. The van der Waals surface area contributed by atoms with Gasteiger partial charge < -0.3 is 4.57 Å². The molecule has 0 amide bonds. The Hall–Kier alpha value is -2.86. The van der Waals surface area contributed by atoms with E-state index in [1.165, 1.54) is 4.57 Å². The third-order valence-electron chi connectivity index (χ3n) is 3.80. The zero-order valence-corrected chi connectivity index (χ0v) is 11.9. The van der Waals surface area contributed by atoms with Crippen molar-refractivity contribution in [3.63, 3.8) is 0 Å². The zero-order chi connectivity index (χ0) is 15.0. The van der Waals surface area contributed by atoms with Crippen LogP contribution < -0.4 is 5.56 Å². The lowest BCUT2D eigenvalue weighted by molar-refractivity contribution is 0.856. The Labute approximate surface area is 122 Å². The molecule has 1 aromatic heterocycles. The second-order valence-corrected chi connectivity index (χ2v) is 5.06. The molecule has 3 heteroatoms. The normalized spacial score (nSPS) is 10.5. The van der Waals surface area contributed by atoms with Gasteiger partial charge in [-0.2, -0.15) is 5.26 Å². The summed E-state index contributed by atoms with van der Waals surface area (Å²) in [6.45, 7) is 1.97. The summed E-state index contributed by atoms with van der Waals surface area (Å²) in [5.41, 5.74) is 3.04. The first-order valence-electron chi connectivity index (χ1n) is 6.73. The number of pyridine rings is 1. The second-order valence-electron chi connectivity index (χ2n) is 5.06. The van der Waals surface area contributed by atoms with Crippen LogP contribution in [0.2, 0.25) is 0 Å². The van der Waals surface area contributed by atoms with Crippen LogP contribution in [0.15, 0.2) is 53.3 Å². The molecule has 0 fully saturated rings. The Balaban J connectivity index is 2.62. The average Bonchev–Trinajstić information content (AvgIpc) is 2.52. The molecule has 2 aromatic carbocycles. The van der Waals surface area contributed by atoms with E-state index in [1.54, 1.807) is 7.05 Å². The predicted molar refractivity (Wildman–Crippen MR) is 84.1 cm³/mol. The monoisotopic (exact) mass is 274 g/mol. The van der Waals surface area contributed by atoms with Gasteiger partial charge in [0.2, 0.25) is 0 Å². The standard InChI is InChI=1S/C18H14N2O/c1-12-7-6-10-14-16(12)17(13-8-4-3-5-9-13)15(11-19)20(2)18(14)21/h3-10H,1-2H3. The van der Waals surface area contributed by atoms with Crippen molar-refractivity contribution >= 4 is 10.8 Å². The van der Waals surface area contributed by atoms with Gasteiger partial charge in [0, 0.05) is 23.4 Å². The SMILES string of the molecule is Cc1cccc2c(=O)n(C)c(C#N)c(-c3ccccc3)c12.